The molecule has 0 unspecified atom stereocenters. The minimum atomic E-state index is -0.137. The van der Waals surface area contributed by atoms with Crippen LogP contribution in [0.1, 0.15) is 68.6 Å². The molecule has 1 aromatic carbocycles. The molecule has 1 aliphatic carbocycles. The van der Waals surface area contributed by atoms with Gasteiger partial charge in [0.1, 0.15) is 0 Å². The molecule has 0 atom stereocenters. The summed E-state index contributed by atoms with van der Waals surface area (Å²) in [6, 6.07) is 7.06. The van der Waals surface area contributed by atoms with Crippen molar-refractivity contribution in [2.24, 2.45) is 0 Å². The maximum atomic E-state index is 11.9. The van der Waals surface area contributed by atoms with Gasteiger partial charge in [0, 0.05) is 18.2 Å². The topological polar surface area (TPSA) is 37.4 Å². The van der Waals surface area contributed by atoms with Crippen LogP contribution in [0.3, 0.4) is 0 Å². The fraction of sp³-hybridized carbons (Fsp3) is 0.524. The summed E-state index contributed by atoms with van der Waals surface area (Å²) in [6.45, 7) is 4.45. The van der Waals surface area contributed by atoms with Crippen molar-refractivity contribution in [3.05, 3.63) is 47.0 Å². The summed E-state index contributed by atoms with van der Waals surface area (Å²) in [6.07, 6.45) is 10.1. The van der Waals surface area contributed by atoms with Crippen molar-refractivity contribution in [3.63, 3.8) is 0 Å². The minimum absolute atomic E-state index is 0.0840. The third-order valence-electron chi connectivity index (χ3n) is 5.47. The molecule has 0 saturated heterocycles. The monoisotopic (exact) mass is 325 g/mol. The van der Waals surface area contributed by atoms with E-state index in [1.54, 1.807) is 0 Å². The van der Waals surface area contributed by atoms with Crippen LogP contribution in [-0.4, -0.2) is 22.8 Å². The van der Waals surface area contributed by atoms with Crippen molar-refractivity contribution < 1.29 is 9.59 Å². The Morgan fingerprint density at radius 3 is 2.25 bits per heavy atom. The largest absolute Gasteiger partial charge is 0.272 e. The average Bonchev–Trinajstić information content (AvgIpc) is 2.94. The van der Waals surface area contributed by atoms with E-state index in [1.165, 1.54) is 40.2 Å². The first-order valence-electron chi connectivity index (χ1n) is 9.31. The Morgan fingerprint density at radius 1 is 1.00 bits per heavy atom. The van der Waals surface area contributed by atoms with Crippen LogP contribution in [0.5, 0.6) is 0 Å². The summed E-state index contributed by atoms with van der Waals surface area (Å²) < 4.78 is 0. The summed E-state index contributed by atoms with van der Waals surface area (Å²) in [5, 5.41) is 0. The molecule has 1 heterocycles. The number of aryl methyl sites for hydroxylation is 2. The molecule has 0 aromatic heterocycles. The van der Waals surface area contributed by atoms with Crippen molar-refractivity contribution in [2.75, 3.05) is 0 Å². The van der Waals surface area contributed by atoms with Gasteiger partial charge in [0.2, 0.25) is 0 Å². The van der Waals surface area contributed by atoms with Crippen molar-refractivity contribution >= 4 is 11.8 Å². The minimum Gasteiger partial charge on any atom is -0.272 e. The fourth-order valence-corrected chi connectivity index (χ4v) is 4.22. The molecule has 3 rings (SSSR count). The van der Waals surface area contributed by atoms with Crippen molar-refractivity contribution in [2.45, 2.75) is 70.8 Å². The van der Waals surface area contributed by atoms with Crippen LogP contribution in [0.15, 0.2) is 30.4 Å². The van der Waals surface area contributed by atoms with Crippen molar-refractivity contribution in [1.82, 2.24) is 4.90 Å². The van der Waals surface area contributed by atoms with Crippen LogP contribution in [0.2, 0.25) is 0 Å². The average molecular weight is 325 g/mol. The summed E-state index contributed by atoms with van der Waals surface area (Å²) in [5.74, 6) is 0.288. The molecule has 0 bridgehead atoms. The molecule has 0 spiro atoms. The van der Waals surface area contributed by atoms with Gasteiger partial charge in [0.25, 0.3) is 11.8 Å². The Kier molecular flexibility index (Phi) is 5.17. The lowest BCUT2D eigenvalue weighted by Gasteiger charge is -2.34. The molecule has 3 heteroatoms. The maximum absolute atomic E-state index is 11.9. The summed E-state index contributed by atoms with van der Waals surface area (Å²) in [4.78, 5) is 25.2. The van der Waals surface area contributed by atoms with E-state index < -0.39 is 0 Å². The van der Waals surface area contributed by atoms with Gasteiger partial charge >= 0.3 is 0 Å². The number of carbonyl (C=O) groups excluding carboxylic acids is 2. The zero-order valence-corrected chi connectivity index (χ0v) is 14.8. The van der Waals surface area contributed by atoms with Gasteiger partial charge in [-0.25, -0.2) is 0 Å². The van der Waals surface area contributed by atoms with Gasteiger partial charge in [0.15, 0.2) is 0 Å². The first-order valence-corrected chi connectivity index (χ1v) is 9.31. The van der Waals surface area contributed by atoms with E-state index in [0.717, 1.165) is 38.5 Å². The molecular weight excluding hydrogens is 298 g/mol. The lowest BCUT2D eigenvalue weighted by atomic mass is 9.79. The molecule has 1 fully saturated rings. The molecule has 3 nitrogen and oxygen atoms in total. The normalized spacial score (nSPS) is 24.0. The number of nitrogens with zero attached hydrogens (tertiary/aromatic N) is 1. The van der Waals surface area contributed by atoms with Gasteiger partial charge in [-0.15, -0.1) is 0 Å². The van der Waals surface area contributed by atoms with Crippen LogP contribution in [0.4, 0.5) is 0 Å². The van der Waals surface area contributed by atoms with E-state index in [1.807, 2.05) is 0 Å². The van der Waals surface area contributed by atoms with E-state index in [2.05, 4.69) is 32.0 Å². The van der Waals surface area contributed by atoms with Crippen LogP contribution < -0.4 is 0 Å². The Morgan fingerprint density at radius 2 is 1.67 bits per heavy atom. The number of hydrogen-bond donors (Lipinski definition) is 0. The zero-order chi connectivity index (χ0) is 17.1. The van der Waals surface area contributed by atoms with E-state index >= 15 is 0 Å². The van der Waals surface area contributed by atoms with Gasteiger partial charge in [0.05, 0.1) is 0 Å². The number of carbonyl (C=O) groups is 2. The quantitative estimate of drug-likeness (QED) is 0.763. The highest BCUT2D eigenvalue weighted by atomic mass is 16.2. The molecule has 0 N–H and O–H groups in total. The standard InChI is InChI=1S/C21H27NO2/c1-3-5-15-6-11-19(16(4-2)14-15)17-7-9-18(10-8-17)22-20(23)12-13-21(22)24/h6,11-14,17-18H,3-5,7-10H2,1-2H3. The third kappa shape index (κ3) is 3.31. The maximum Gasteiger partial charge on any atom is 0.253 e. The van der Waals surface area contributed by atoms with Crippen LogP contribution in [0.25, 0.3) is 0 Å². The SMILES string of the molecule is CCCc1ccc(C2CCC(N3C(=O)C=CC3=O)CC2)c(CC)c1. The molecule has 1 aliphatic heterocycles. The third-order valence-corrected chi connectivity index (χ3v) is 5.47. The van der Waals surface area contributed by atoms with E-state index in [4.69, 9.17) is 0 Å². The zero-order valence-electron chi connectivity index (χ0n) is 14.8. The highest BCUT2D eigenvalue weighted by Gasteiger charge is 2.34. The number of hydrogen-bond acceptors (Lipinski definition) is 2. The predicted molar refractivity (Wildman–Crippen MR) is 95.8 cm³/mol. The lowest BCUT2D eigenvalue weighted by Crippen LogP contribution is -2.41. The van der Waals surface area contributed by atoms with E-state index in [-0.39, 0.29) is 17.9 Å². The molecular formula is C21H27NO2. The Hall–Kier alpha value is -1.90. The highest BCUT2D eigenvalue weighted by Crippen LogP contribution is 2.37. The van der Waals surface area contributed by atoms with Crippen LogP contribution in [0, 0.1) is 0 Å². The summed E-state index contributed by atoms with van der Waals surface area (Å²) in [7, 11) is 0. The summed E-state index contributed by atoms with van der Waals surface area (Å²) in [5.41, 5.74) is 4.39. The van der Waals surface area contributed by atoms with Gasteiger partial charge in [-0.2, -0.15) is 0 Å². The van der Waals surface area contributed by atoms with Gasteiger partial charge in [-0.3, -0.25) is 14.5 Å². The Bertz CT molecular complexity index is 636. The fourth-order valence-electron chi connectivity index (χ4n) is 4.22. The second-order valence-corrected chi connectivity index (χ2v) is 7.02. The number of rotatable bonds is 5. The van der Waals surface area contributed by atoms with Gasteiger partial charge in [-0.05, 0) is 61.1 Å². The van der Waals surface area contributed by atoms with Gasteiger partial charge < -0.3 is 0 Å². The molecule has 1 saturated carbocycles. The highest BCUT2D eigenvalue weighted by molar-refractivity contribution is 6.13. The second kappa shape index (κ2) is 7.33. The van der Waals surface area contributed by atoms with E-state index in [0.29, 0.717) is 5.92 Å². The first kappa shape index (κ1) is 16.9. The first-order chi connectivity index (χ1) is 11.6. The summed E-state index contributed by atoms with van der Waals surface area (Å²) >= 11 is 0. The number of benzene rings is 1. The molecule has 2 amide bonds. The molecule has 2 aliphatic rings. The van der Waals surface area contributed by atoms with Crippen LogP contribution >= 0.6 is 0 Å². The number of imide groups is 1. The van der Waals surface area contributed by atoms with E-state index in [9.17, 15) is 9.59 Å². The molecule has 24 heavy (non-hydrogen) atoms. The second-order valence-electron chi connectivity index (χ2n) is 7.02. The Labute approximate surface area is 144 Å². The molecule has 1 aromatic rings. The molecule has 128 valence electrons. The van der Waals surface area contributed by atoms with Crippen molar-refractivity contribution in [1.29, 1.82) is 0 Å². The predicted octanol–water partition coefficient (Wildman–Crippen LogP) is 4.15. The lowest BCUT2D eigenvalue weighted by molar-refractivity contribution is -0.140. The smallest absolute Gasteiger partial charge is 0.253 e. The van der Waals surface area contributed by atoms with Crippen LogP contribution in [-0.2, 0) is 22.4 Å². The number of amides is 2. The molecule has 0 radical (unpaired) electrons. The Balaban J connectivity index is 1.68. The van der Waals surface area contributed by atoms with Gasteiger partial charge in [-0.1, -0.05) is 38.5 Å². The van der Waals surface area contributed by atoms with Crippen molar-refractivity contribution in [3.8, 4) is 0 Å².